The predicted octanol–water partition coefficient (Wildman–Crippen LogP) is 2.74. The van der Waals surface area contributed by atoms with Crippen molar-refractivity contribution in [1.29, 1.82) is 0 Å². The number of rotatable bonds is 4. The summed E-state index contributed by atoms with van der Waals surface area (Å²) in [6.45, 7) is 6.67. The second-order valence-electron chi connectivity index (χ2n) is 6.93. The van der Waals surface area contributed by atoms with E-state index in [4.69, 9.17) is 9.47 Å². The molecule has 0 aliphatic carbocycles. The lowest BCUT2D eigenvalue weighted by molar-refractivity contribution is -0.160. The number of carbonyl (C=O) groups excluding carboxylic acids is 2. The zero-order chi connectivity index (χ0) is 18.6. The van der Waals surface area contributed by atoms with Gasteiger partial charge in [0, 0.05) is 30.1 Å². The van der Waals surface area contributed by atoms with Crippen LogP contribution in [0, 0.1) is 5.41 Å². The minimum Gasteiger partial charge on any atom is -0.497 e. The van der Waals surface area contributed by atoms with Crippen molar-refractivity contribution in [2.24, 2.45) is 5.41 Å². The number of hydrazine groups is 1. The first-order chi connectivity index (χ1) is 11.8. The number of hydrogen-bond acceptors (Lipinski definition) is 4. The van der Waals surface area contributed by atoms with Gasteiger partial charge in [0.2, 0.25) is 5.91 Å². The van der Waals surface area contributed by atoms with Crippen molar-refractivity contribution in [3.63, 3.8) is 0 Å². The molecule has 6 nitrogen and oxygen atoms in total. The van der Waals surface area contributed by atoms with Crippen molar-refractivity contribution in [3.8, 4) is 11.5 Å². The molecule has 1 aliphatic heterocycles. The van der Waals surface area contributed by atoms with Crippen molar-refractivity contribution < 1.29 is 19.1 Å². The van der Waals surface area contributed by atoms with Crippen molar-refractivity contribution in [1.82, 2.24) is 10.0 Å². The molecule has 1 aliphatic rings. The van der Waals surface area contributed by atoms with Crippen LogP contribution in [0.15, 0.2) is 24.3 Å². The molecular weight excluding hydrogens is 320 g/mol. The monoisotopic (exact) mass is 346 g/mol. The number of hydrogen-bond donors (Lipinski definition) is 0. The van der Waals surface area contributed by atoms with Gasteiger partial charge in [-0.3, -0.25) is 14.6 Å². The first-order valence-corrected chi connectivity index (χ1v) is 8.31. The van der Waals surface area contributed by atoms with Gasteiger partial charge in [0.15, 0.2) is 0 Å². The molecule has 1 aromatic rings. The minimum absolute atomic E-state index is 0.0503. The van der Waals surface area contributed by atoms with E-state index in [1.54, 1.807) is 43.5 Å². The Kier molecular flexibility index (Phi) is 5.72. The van der Waals surface area contributed by atoms with E-state index in [-0.39, 0.29) is 11.8 Å². The second-order valence-corrected chi connectivity index (χ2v) is 6.93. The standard InChI is InChI=1S/C19H26N2O4/c1-19(2,3)18(23)21-12-6-11-20(21)17(22)10-7-14-13-15(24-4)8-9-16(14)25-5/h7-10,13H,6,11-12H2,1-5H3. The number of carbonyl (C=O) groups is 2. The third kappa shape index (κ3) is 4.32. The lowest BCUT2D eigenvalue weighted by atomic mass is 9.95. The van der Waals surface area contributed by atoms with E-state index in [0.29, 0.717) is 24.6 Å². The van der Waals surface area contributed by atoms with Gasteiger partial charge in [-0.15, -0.1) is 0 Å². The number of ether oxygens (including phenoxy) is 2. The highest BCUT2D eigenvalue weighted by molar-refractivity contribution is 5.94. The molecule has 0 radical (unpaired) electrons. The Hall–Kier alpha value is -2.50. The van der Waals surface area contributed by atoms with Crippen LogP contribution >= 0.6 is 0 Å². The van der Waals surface area contributed by atoms with Gasteiger partial charge in [0.25, 0.3) is 5.91 Å². The molecule has 2 rings (SSSR count). The topological polar surface area (TPSA) is 59.1 Å². The highest BCUT2D eigenvalue weighted by Gasteiger charge is 2.35. The normalized spacial score (nSPS) is 14.9. The molecule has 0 bridgehead atoms. The minimum atomic E-state index is -0.525. The van der Waals surface area contributed by atoms with Crippen LogP contribution < -0.4 is 9.47 Å². The molecule has 1 saturated heterocycles. The summed E-state index contributed by atoms with van der Waals surface area (Å²) in [6.07, 6.45) is 3.93. The summed E-state index contributed by atoms with van der Waals surface area (Å²) >= 11 is 0. The van der Waals surface area contributed by atoms with Crippen LogP contribution in [0.2, 0.25) is 0 Å². The summed E-state index contributed by atoms with van der Waals surface area (Å²) in [6, 6.07) is 5.38. The number of methoxy groups -OCH3 is 2. The van der Waals surface area contributed by atoms with Gasteiger partial charge in [-0.2, -0.15) is 0 Å². The van der Waals surface area contributed by atoms with E-state index in [9.17, 15) is 9.59 Å². The van der Waals surface area contributed by atoms with E-state index in [0.717, 1.165) is 12.0 Å². The maximum atomic E-state index is 12.6. The van der Waals surface area contributed by atoms with Gasteiger partial charge in [0.05, 0.1) is 14.2 Å². The highest BCUT2D eigenvalue weighted by Crippen LogP contribution is 2.26. The molecule has 1 heterocycles. The number of amides is 2. The van der Waals surface area contributed by atoms with Crippen LogP contribution in [0.1, 0.15) is 32.8 Å². The van der Waals surface area contributed by atoms with Gasteiger partial charge in [-0.05, 0) is 30.7 Å². The summed E-state index contributed by atoms with van der Waals surface area (Å²) in [4.78, 5) is 25.1. The molecule has 0 saturated carbocycles. The molecule has 136 valence electrons. The predicted molar refractivity (Wildman–Crippen MR) is 96.1 cm³/mol. The maximum absolute atomic E-state index is 12.6. The van der Waals surface area contributed by atoms with Gasteiger partial charge in [-0.1, -0.05) is 20.8 Å². The van der Waals surface area contributed by atoms with Crippen LogP contribution in [0.25, 0.3) is 6.08 Å². The summed E-state index contributed by atoms with van der Waals surface area (Å²) in [5, 5.41) is 3.06. The lowest BCUT2D eigenvalue weighted by Crippen LogP contribution is -2.48. The average Bonchev–Trinajstić information content (AvgIpc) is 3.07. The Morgan fingerprint density at radius 3 is 2.36 bits per heavy atom. The van der Waals surface area contributed by atoms with Gasteiger partial charge < -0.3 is 9.47 Å². The van der Waals surface area contributed by atoms with Gasteiger partial charge in [0.1, 0.15) is 11.5 Å². The molecule has 2 amide bonds. The molecule has 0 unspecified atom stereocenters. The Bertz CT molecular complexity index is 676. The van der Waals surface area contributed by atoms with Gasteiger partial charge in [-0.25, -0.2) is 5.01 Å². The van der Waals surface area contributed by atoms with E-state index in [1.807, 2.05) is 20.8 Å². The molecule has 0 spiro atoms. The maximum Gasteiger partial charge on any atom is 0.265 e. The zero-order valence-corrected chi connectivity index (χ0v) is 15.5. The Labute approximate surface area is 149 Å². The van der Waals surface area contributed by atoms with E-state index in [1.165, 1.54) is 11.1 Å². The van der Waals surface area contributed by atoms with E-state index >= 15 is 0 Å². The SMILES string of the molecule is COc1ccc(OC)c(C=CC(=O)N2CCCN2C(=O)C(C)(C)C)c1. The third-order valence-electron chi connectivity index (χ3n) is 4.00. The first-order valence-electron chi connectivity index (χ1n) is 8.31. The quantitative estimate of drug-likeness (QED) is 0.787. The van der Waals surface area contributed by atoms with Crippen LogP contribution in [0.3, 0.4) is 0 Å². The van der Waals surface area contributed by atoms with E-state index in [2.05, 4.69) is 0 Å². The van der Waals surface area contributed by atoms with Crippen LogP contribution in [0.5, 0.6) is 11.5 Å². The highest BCUT2D eigenvalue weighted by atomic mass is 16.5. The molecule has 25 heavy (non-hydrogen) atoms. The molecule has 6 heteroatoms. The first kappa shape index (κ1) is 18.8. The molecule has 0 atom stereocenters. The second kappa shape index (κ2) is 7.59. The largest absolute Gasteiger partial charge is 0.497 e. The Morgan fingerprint density at radius 2 is 1.76 bits per heavy atom. The van der Waals surface area contributed by atoms with Crippen LogP contribution in [-0.4, -0.2) is 49.1 Å². The summed E-state index contributed by atoms with van der Waals surface area (Å²) in [5.74, 6) is 1.05. The molecular formula is C19H26N2O4. The van der Waals surface area contributed by atoms with Crippen molar-refractivity contribution in [3.05, 3.63) is 29.8 Å². The molecule has 0 N–H and O–H groups in total. The fourth-order valence-corrected chi connectivity index (χ4v) is 2.66. The van der Waals surface area contributed by atoms with Crippen molar-refractivity contribution in [2.75, 3.05) is 27.3 Å². The van der Waals surface area contributed by atoms with Crippen molar-refractivity contribution in [2.45, 2.75) is 27.2 Å². The Morgan fingerprint density at radius 1 is 1.08 bits per heavy atom. The molecule has 0 aromatic heterocycles. The summed E-state index contributed by atoms with van der Waals surface area (Å²) in [7, 11) is 3.16. The van der Waals surface area contributed by atoms with Gasteiger partial charge >= 0.3 is 0 Å². The fourth-order valence-electron chi connectivity index (χ4n) is 2.66. The summed E-state index contributed by atoms with van der Waals surface area (Å²) in [5.41, 5.74) is 0.214. The van der Waals surface area contributed by atoms with Crippen LogP contribution in [0.4, 0.5) is 0 Å². The number of nitrogens with zero attached hydrogens (tertiary/aromatic N) is 2. The van der Waals surface area contributed by atoms with Crippen LogP contribution in [-0.2, 0) is 9.59 Å². The fraction of sp³-hybridized carbons (Fsp3) is 0.474. The molecule has 1 fully saturated rings. The molecule has 1 aromatic carbocycles. The lowest BCUT2D eigenvalue weighted by Gasteiger charge is -2.32. The number of benzene rings is 1. The summed E-state index contributed by atoms with van der Waals surface area (Å²) < 4.78 is 10.5. The van der Waals surface area contributed by atoms with Crippen molar-refractivity contribution >= 4 is 17.9 Å². The third-order valence-corrected chi connectivity index (χ3v) is 4.00. The smallest absolute Gasteiger partial charge is 0.265 e. The van der Waals surface area contributed by atoms with E-state index < -0.39 is 5.41 Å². The zero-order valence-electron chi connectivity index (χ0n) is 15.5. The average molecular weight is 346 g/mol. The Balaban J connectivity index is 2.18.